The summed E-state index contributed by atoms with van der Waals surface area (Å²) in [4.78, 5) is 2.76. The highest BCUT2D eigenvalue weighted by molar-refractivity contribution is 5.03. The van der Waals surface area contributed by atoms with E-state index in [1.807, 2.05) is 0 Å². The van der Waals surface area contributed by atoms with Gasteiger partial charge in [0.1, 0.15) is 0 Å². The minimum absolute atomic E-state index is 0.449. The van der Waals surface area contributed by atoms with Crippen LogP contribution in [-0.4, -0.2) is 36.1 Å². The van der Waals surface area contributed by atoms with Gasteiger partial charge >= 0.3 is 0 Å². The Balaban J connectivity index is 2.64. The first-order chi connectivity index (χ1) is 10.2. The van der Waals surface area contributed by atoms with Gasteiger partial charge in [-0.3, -0.25) is 4.90 Å². The summed E-state index contributed by atoms with van der Waals surface area (Å²) in [5, 5.41) is 3.86. The minimum atomic E-state index is 0.449. The smallest absolute Gasteiger partial charge is 0.0362 e. The second kappa shape index (κ2) is 10.6. The van der Waals surface area contributed by atoms with Gasteiger partial charge in [0.15, 0.2) is 0 Å². The van der Waals surface area contributed by atoms with Gasteiger partial charge in [-0.05, 0) is 38.9 Å². The van der Waals surface area contributed by atoms with Crippen LogP contribution in [0.2, 0.25) is 0 Å². The molecule has 0 amide bonds. The van der Waals surface area contributed by atoms with Crippen molar-refractivity contribution in [2.45, 2.75) is 103 Å². The lowest BCUT2D eigenvalue weighted by Crippen LogP contribution is -2.59. The maximum absolute atomic E-state index is 3.86. The van der Waals surface area contributed by atoms with Crippen molar-refractivity contribution in [3.05, 3.63) is 0 Å². The van der Waals surface area contributed by atoms with Gasteiger partial charge < -0.3 is 5.32 Å². The van der Waals surface area contributed by atoms with Crippen LogP contribution in [0.3, 0.4) is 0 Å². The molecule has 0 aromatic carbocycles. The highest BCUT2D eigenvalue weighted by Crippen LogP contribution is 2.39. The maximum atomic E-state index is 3.86. The summed E-state index contributed by atoms with van der Waals surface area (Å²) in [6.07, 6.45) is 14.0. The maximum Gasteiger partial charge on any atom is 0.0362 e. The highest BCUT2D eigenvalue weighted by Gasteiger charge is 2.43. The van der Waals surface area contributed by atoms with Crippen molar-refractivity contribution in [1.82, 2.24) is 10.2 Å². The highest BCUT2D eigenvalue weighted by atomic mass is 15.2. The first-order valence-electron chi connectivity index (χ1n) is 9.73. The van der Waals surface area contributed by atoms with Gasteiger partial charge in [0.25, 0.3) is 0 Å². The van der Waals surface area contributed by atoms with Crippen LogP contribution in [0.1, 0.15) is 91.9 Å². The van der Waals surface area contributed by atoms with E-state index in [2.05, 4.69) is 37.9 Å². The molecule has 1 rings (SSSR count). The monoisotopic (exact) mass is 296 g/mol. The van der Waals surface area contributed by atoms with Crippen LogP contribution in [0.25, 0.3) is 0 Å². The molecule has 126 valence electrons. The van der Waals surface area contributed by atoms with E-state index in [0.29, 0.717) is 11.6 Å². The average Bonchev–Trinajstić information content (AvgIpc) is 2.98. The molecule has 21 heavy (non-hydrogen) atoms. The Morgan fingerprint density at radius 1 is 0.905 bits per heavy atom. The normalized spacial score (nSPS) is 19.3. The van der Waals surface area contributed by atoms with Crippen molar-refractivity contribution in [1.29, 1.82) is 0 Å². The Kier molecular flexibility index (Phi) is 9.59. The molecule has 0 spiro atoms. The molecular weight excluding hydrogens is 256 g/mol. The molecule has 0 aliphatic heterocycles. The molecule has 1 aliphatic rings. The molecule has 2 heteroatoms. The Morgan fingerprint density at radius 3 is 2.05 bits per heavy atom. The molecular formula is C19H40N2. The molecule has 0 aromatic heterocycles. The number of hydrogen-bond donors (Lipinski definition) is 1. The topological polar surface area (TPSA) is 15.3 Å². The summed E-state index contributed by atoms with van der Waals surface area (Å²) in [6, 6.07) is 0.700. The summed E-state index contributed by atoms with van der Waals surface area (Å²) in [5.41, 5.74) is 0.449. The summed E-state index contributed by atoms with van der Waals surface area (Å²) in [5.74, 6) is 0. The number of rotatable bonds is 12. The first-order valence-corrected chi connectivity index (χ1v) is 9.73. The number of hydrogen-bond acceptors (Lipinski definition) is 2. The number of nitrogens with zero attached hydrogens (tertiary/aromatic N) is 1. The van der Waals surface area contributed by atoms with E-state index in [9.17, 15) is 0 Å². The molecule has 1 atom stereocenters. The zero-order chi connectivity index (χ0) is 15.6. The molecule has 2 nitrogen and oxygen atoms in total. The van der Waals surface area contributed by atoms with Crippen LogP contribution in [0.15, 0.2) is 0 Å². The van der Waals surface area contributed by atoms with Crippen LogP contribution in [-0.2, 0) is 0 Å². The SMILES string of the molecule is CCCCCCCC(NCC)C1(N(CC)CC)CCCC1. The van der Waals surface area contributed by atoms with E-state index in [-0.39, 0.29) is 0 Å². The van der Waals surface area contributed by atoms with Crippen molar-refractivity contribution >= 4 is 0 Å². The quantitative estimate of drug-likeness (QED) is 0.511. The number of likely N-dealkylation sites (N-methyl/N-ethyl adjacent to an activating group) is 2. The molecule has 1 unspecified atom stereocenters. The van der Waals surface area contributed by atoms with E-state index in [1.54, 1.807) is 0 Å². The largest absolute Gasteiger partial charge is 0.312 e. The molecule has 1 N–H and O–H groups in total. The molecule has 0 aromatic rings. The van der Waals surface area contributed by atoms with Crippen molar-refractivity contribution < 1.29 is 0 Å². The Hall–Kier alpha value is -0.0800. The van der Waals surface area contributed by atoms with Crippen LogP contribution in [0, 0.1) is 0 Å². The van der Waals surface area contributed by atoms with Crippen molar-refractivity contribution in [3.63, 3.8) is 0 Å². The van der Waals surface area contributed by atoms with E-state index >= 15 is 0 Å². The zero-order valence-electron chi connectivity index (χ0n) is 15.2. The summed E-state index contributed by atoms with van der Waals surface area (Å²) < 4.78 is 0. The van der Waals surface area contributed by atoms with E-state index in [4.69, 9.17) is 0 Å². The van der Waals surface area contributed by atoms with Gasteiger partial charge in [-0.15, -0.1) is 0 Å². The lowest BCUT2D eigenvalue weighted by atomic mass is 9.82. The third kappa shape index (κ3) is 5.25. The van der Waals surface area contributed by atoms with Gasteiger partial charge in [0, 0.05) is 11.6 Å². The Labute approximate surface area is 134 Å². The van der Waals surface area contributed by atoms with Crippen molar-refractivity contribution in [2.24, 2.45) is 0 Å². The van der Waals surface area contributed by atoms with E-state index in [0.717, 1.165) is 6.54 Å². The van der Waals surface area contributed by atoms with Crippen LogP contribution in [0.5, 0.6) is 0 Å². The van der Waals surface area contributed by atoms with Gasteiger partial charge in [-0.2, -0.15) is 0 Å². The van der Waals surface area contributed by atoms with Gasteiger partial charge in [-0.1, -0.05) is 72.6 Å². The van der Waals surface area contributed by atoms with Crippen LogP contribution >= 0.6 is 0 Å². The van der Waals surface area contributed by atoms with E-state index in [1.165, 1.54) is 77.3 Å². The lowest BCUT2D eigenvalue weighted by molar-refractivity contribution is 0.0592. The first kappa shape index (κ1) is 19.0. The third-order valence-corrected chi connectivity index (χ3v) is 5.56. The molecule has 1 saturated carbocycles. The summed E-state index contributed by atoms with van der Waals surface area (Å²) in [7, 11) is 0. The molecule has 0 saturated heterocycles. The predicted molar refractivity (Wildman–Crippen MR) is 95.0 cm³/mol. The van der Waals surface area contributed by atoms with Crippen LogP contribution in [0.4, 0.5) is 0 Å². The fourth-order valence-electron chi connectivity index (χ4n) is 4.48. The molecule has 0 heterocycles. The van der Waals surface area contributed by atoms with E-state index < -0.39 is 0 Å². The minimum Gasteiger partial charge on any atom is -0.312 e. The van der Waals surface area contributed by atoms with Gasteiger partial charge in [0.2, 0.25) is 0 Å². The van der Waals surface area contributed by atoms with Gasteiger partial charge in [0.05, 0.1) is 0 Å². The molecule has 1 fully saturated rings. The zero-order valence-corrected chi connectivity index (χ0v) is 15.2. The number of nitrogens with one attached hydrogen (secondary N) is 1. The fourth-order valence-corrected chi connectivity index (χ4v) is 4.48. The Morgan fingerprint density at radius 2 is 1.52 bits per heavy atom. The fraction of sp³-hybridized carbons (Fsp3) is 1.00. The van der Waals surface area contributed by atoms with Crippen molar-refractivity contribution in [3.8, 4) is 0 Å². The lowest BCUT2D eigenvalue weighted by Gasteiger charge is -2.47. The molecule has 0 radical (unpaired) electrons. The molecule has 0 bridgehead atoms. The summed E-state index contributed by atoms with van der Waals surface area (Å²) in [6.45, 7) is 12.8. The summed E-state index contributed by atoms with van der Waals surface area (Å²) >= 11 is 0. The van der Waals surface area contributed by atoms with Gasteiger partial charge in [-0.25, -0.2) is 0 Å². The third-order valence-electron chi connectivity index (χ3n) is 5.56. The average molecular weight is 297 g/mol. The van der Waals surface area contributed by atoms with Crippen LogP contribution < -0.4 is 5.32 Å². The Bertz CT molecular complexity index is 242. The molecule has 1 aliphatic carbocycles. The van der Waals surface area contributed by atoms with Crippen molar-refractivity contribution in [2.75, 3.05) is 19.6 Å². The number of unbranched alkanes of at least 4 members (excludes halogenated alkanes) is 4. The predicted octanol–water partition coefficient (Wildman–Crippen LogP) is 4.98. The second-order valence-corrected chi connectivity index (χ2v) is 6.80. The second-order valence-electron chi connectivity index (χ2n) is 6.80. The standard InChI is InChI=1S/C19H40N2/c1-5-9-10-11-12-15-18(20-6-2)19(16-13-14-17-19)21(7-3)8-4/h18,20H,5-17H2,1-4H3.